The second kappa shape index (κ2) is 9.56. The van der Waals surface area contributed by atoms with Gasteiger partial charge in [-0.05, 0) is 49.1 Å². The fourth-order valence-electron chi connectivity index (χ4n) is 5.06. The van der Waals surface area contributed by atoms with Gasteiger partial charge in [-0.15, -0.1) is 6.42 Å². The summed E-state index contributed by atoms with van der Waals surface area (Å²) in [5.41, 5.74) is 1.37. The Morgan fingerprint density at radius 2 is 1.71 bits per heavy atom. The standard InChI is InChI=1S/C27H30FNO2/c1-2-21-16-19-29(24-14-12-23(28)13-15-24)20-25(21)31-26(30)27(17-8-3-4-9-18-27)22-10-6-5-7-11-22/h1,5-7,10-15,21,25H,3-4,8-9,16-20H2. The van der Waals surface area contributed by atoms with Gasteiger partial charge in [0, 0.05) is 12.2 Å². The van der Waals surface area contributed by atoms with Crippen LogP contribution in [0.1, 0.15) is 50.5 Å². The van der Waals surface area contributed by atoms with E-state index < -0.39 is 5.41 Å². The highest BCUT2D eigenvalue weighted by Crippen LogP contribution is 2.40. The van der Waals surface area contributed by atoms with E-state index in [0.29, 0.717) is 6.54 Å². The molecule has 1 aliphatic carbocycles. The molecule has 31 heavy (non-hydrogen) atoms. The van der Waals surface area contributed by atoms with E-state index in [1.807, 2.05) is 18.2 Å². The van der Waals surface area contributed by atoms with Crippen molar-refractivity contribution in [1.82, 2.24) is 0 Å². The Bertz CT molecular complexity index is 911. The Hall–Kier alpha value is -2.80. The first-order chi connectivity index (χ1) is 15.1. The normalized spacial score (nSPS) is 23.4. The van der Waals surface area contributed by atoms with Crippen LogP contribution in [0.15, 0.2) is 54.6 Å². The van der Waals surface area contributed by atoms with Gasteiger partial charge in [0.15, 0.2) is 0 Å². The molecule has 1 aliphatic heterocycles. The molecule has 4 heteroatoms. The minimum Gasteiger partial charge on any atom is -0.458 e. The van der Waals surface area contributed by atoms with Gasteiger partial charge in [0.05, 0.1) is 17.9 Å². The molecule has 0 spiro atoms. The van der Waals surface area contributed by atoms with Gasteiger partial charge in [0.25, 0.3) is 0 Å². The zero-order chi connectivity index (χ0) is 21.7. The lowest BCUT2D eigenvalue weighted by Gasteiger charge is -2.40. The van der Waals surface area contributed by atoms with Gasteiger partial charge in [-0.3, -0.25) is 4.79 Å². The third-order valence-corrected chi connectivity index (χ3v) is 6.90. The van der Waals surface area contributed by atoms with Crippen molar-refractivity contribution in [2.75, 3.05) is 18.0 Å². The minimum absolute atomic E-state index is 0.112. The lowest BCUT2D eigenvalue weighted by molar-refractivity contribution is -0.159. The third-order valence-electron chi connectivity index (χ3n) is 6.90. The van der Waals surface area contributed by atoms with Crippen molar-refractivity contribution < 1.29 is 13.9 Å². The summed E-state index contributed by atoms with van der Waals surface area (Å²) in [4.78, 5) is 15.9. The summed E-state index contributed by atoms with van der Waals surface area (Å²) >= 11 is 0. The number of nitrogens with zero attached hydrogens (tertiary/aromatic N) is 1. The summed E-state index contributed by atoms with van der Waals surface area (Å²) in [7, 11) is 0. The largest absolute Gasteiger partial charge is 0.458 e. The maximum absolute atomic E-state index is 13.7. The second-order valence-corrected chi connectivity index (χ2v) is 8.79. The molecule has 2 atom stereocenters. The summed E-state index contributed by atoms with van der Waals surface area (Å²) in [5, 5.41) is 0. The molecule has 0 N–H and O–H groups in total. The highest BCUT2D eigenvalue weighted by molar-refractivity contribution is 5.83. The quantitative estimate of drug-likeness (QED) is 0.373. The fraction of sp³-hybridized carbons (Fsp3) is 0.444. The lowest BCUT2D eigenvalue weighted by Crippen LogP contribution is -2.48. The van der Waals surface area contributed by atoms with Crippen molar-refractivity contribution in [2.24, 2.45) is 5.92 Å². The first-order valence-corrected chi connectivity index (χ1v) is 11.4. The molecule has 0 aromatic heterocycles. The van der Waals surface area contributed by atoms with E-state index in [4.69, 9.17) is 11.2 Å². The van der Waals surface area contributed by atoms with Gasteiger partial charge < -0.3 is 9.64 Å². The third kappa shape index (κ3) is 4.61. The molecular formula is C27H30FNO2. The van der Waals surface area contributed by atoms with E-state index in [1.165, 1.54) is 12.1 Å². The number of anilines is 1. The highest BCUT2D eigenvalue weighted by Gasteiger charge is 2.44. The van der Waals surface area contributed by atoms with Crippen LogP contribution < -0.4 is 4.90 Å². The molecule has 2 aromatic rings. The zero-order valence-corrected chi connectivity index (χ0v) is 17.9. The van der Waals surface area contributed by atoms with Crippen molar-refractivity contribution in [2.45, 2.75) is 56.5 Å². The first kappa shape index (κ1) is 21.4. The molecule has 3 nitrogen and oxygen atoms in total. The molecule has 1 saturated heterocycles. The van der Waals surface area contributed by atoms with Crippen molar-refractivity contribution >= 4 is 11.7 Å². The van der Waals surface area contributed by atoms with Crippen LogP contribution >= 0.6 is 0 Å². The van der Waals surface area contributed by atoms with Crippen LogP contribution in [-0.2, 0) is 14.9 Å². The number of hydrogen-bond acceptors (Lipinski definition) is 3. The Balaban J connectivity index is 1.57. The van der Waals surface area contributed by atoms with Gasteiger partial charge in [-0.1, -0.05) is 61.9 Å². The van der Waals surface area contributed by atoms with Crippen molar-refractivity contribution in [1.29, 1.82) is 0 Å². The van der Waals surface area contributed by atoms with Crippen LogP contribution in [0.5, 0.6) is 0 Å². The van der Waals surface area contributed by atoms with Gasteiger partial charge in [-0.2, -0.15) is 0 Å². The second-order valence-electron chi connectivity index (χ2n) is 8.79. The van der Waals surface area contributed by atoms with Gasteiger partial charge in [-0.25, -0.2) is 4.39 Å². The number of hydrogen-bond donors (Lipinski definition) is 0. The average Bonchev–Trinajstić information content (AvgIpc) is 3.07. The topological polar surface area (TPSA) is 29.5 Å². The molecule has 2 fully saturated rings. The highest BCUT2D eigenvalue weighted by atomic mass is 19.1. The number of carbonyl (C=O) groups excluding carboxylic acids is 1. The number of carbonyl (C=O) groups is 1. The summed E-state index contributed by atoms with van der Waals surface area (Å²) in [5.74, 6) is 2.33. The lowest BCUT2D eigenvalue weighted by atomic mass is 9.74. The van der Waals surface area contributed by atoms with Crippen molar-refractivity contribution in [3.8, 4) is 12.3 Å². The average molecular weight is 420 g/mol. The SMILES string of the molecule is C#CC1CCN(c2ccc(F)cc2)CC1OC(=O)C1(c2ccccc2)CCCCCC1. The predicted octanol–water partition coefficient (Wildman–Crippen LogP) is 5.49. The number of halogens is 1. The Kier molecular flexibility index (Phi) is 6.61. The Morgan fingerprint density at radius 3 is 2.35 bits per heavy atom. The smallest absolute Gasteiger partial charge is 0.316 e. The molecule has 0 bridgehead atoms. The number of rotatable bonds is 4. The summed E-state index contributed by atoms with van der Waals surface area (Å²) in [6, 6.07) is 16.5. The first-order valence-electron chi connectivity index (χ1n) is 11.4. The van der Waals surface area contributed by atoms with E-state index in [0.717, 1.165) is 62.7 Å². The number of terminal acetylenes is 1. The zero-order valence-electron chi connectivity index (χ0n) is 17.9. The maximum Gasteiger partial charge on any atom is 0.316 e. The molecule has 1 heterocycles. The van der Waals surface area contributed by atoms with Crippen molar-refractivity contribution in [3.63, 3.8) is 0 Å². The van der Waals surface area contributed by atoms with Gasteiger partial charge >= 0.3 is 5.97 Å². The molecule has 162 valence electrons. The summed E-state index contributed by atoms with van der Waals surface area (Å²) in [6.07, 6.45) is 12.1. The molecule has 2 aliphatic rings. The van der Waals surface area contributed by atoms with E-state index in [2.05, 4.69) is 23.0 Å². The monoisotopic (exact) mass is 419 g/mol. The van der Waals surface area contributed by atoms with Crippen molar-refractivity contribution in [3.05, 3.63) is 66.0 Å². The number of benzene rings is 2. The predicted molar refractivity (Wildman–Crippen MR) is 121 cm³/mol. The van der Waals surface area contributed by atoms with E-state index in [1.54, 1.807) is 12.1 Å². The number of esters is 1. The molecule has 0 radical (unpaired) electrons. The maximum atomic E-state index is 13.7. The van der Waals surface area contributed by atoms with Crippen LogP contribution in [0.2, 0.25) is 0 Å². The van der Waals surface area contributed by atoms with E-state index >= 15 is 0 Å². The molecule has 1 saturated carbocycles. The molecule has 4 rings (SSSR count). The molecular weight excluding hydrogens is 389 g/mol. The van der Waals surface area contributed by atoms with Crippen LogP contribution in [0.4, 0.5) is 10.1 Å². The summed E-state index contributed by atoms with van der Waals surface area (Å²) in [6.45, 7) is 1.29. The Labute approximate surface area is 184 Å². The summed E-state index contributed by atoms with van der Waals surface area (Å²) < 4.78 is 19.6. The minimum atomic E-state index is -0.602. The van der Waals surface area contributed by atoms with E-state index in [-0.39, 0.29) is 23.8 Å². The molecule has 0 amide bonds. The van der Waals surface area contributed by atoms with Crippen LogP contribution in [0.3, 0.4) is 0 Å². The molecule has 2 aromatic carbocycles. The number of ether oxygens (including phenoxy) is 1. The van der Waals surface area contributed by atoms with Crippen LogP contribution in [-0.4, -0.2) is 25.2 Å². The molecule has 2 unspecified atom stereocenters. The van der Waals surface area contributed by atoms with Gasteiger partial charge in [0.2, 0.25) is 0 Å². The van der Waals surface area contributed by atoms with Crippen LogP contribution in [0, 0.1) is 24.1 Å². The van der Waals surface area contributed by atoms with Crippen LogP contribution in [0.25, 0.3) is 0 Å². The van der Waals surface area contributed by atoms with E-state index in [9.17, 15) is 9.18 Å². The fourth-order valence-corrected chi connectivity index (χ4v) is 5.06. The van der Waals surface area contributed by atoms with Gasteiger partial charge in [0.1, 0.15) is 11.9 Å². The number of piperidine rings is 1. The Morgan fingerprint density at radius 1 is 1.03 bits per heavy atom.